The van der Waals surface area contributed by atoms with Crippen LogP contribution in [0.25, 0.3) is 0 Å². The van der Waals surface area contributed by atoms with Crippen molar-refractivity contribution in [3.63, 3.8) is 0 Å². The molecule has 0 unspecified atom stereocenters. The van der Waals surface area contributed by atoms with Gasteiger partial charge in [-0.1, -0.05) is 6.92 Å². The lowest BCUT2D eigenvalue weighted by molar-refractivity contribution is -0.120. The summed E-state index contributed by atoms with van der Waals surface area (Å²) in [6, 6.07) is 2.06. The highest BCUT2D eigenvalue weighted by Crippen LogP contribution is 2.14. The number of aryl methyl sites for hydroxylation is 2. The second-order valence-electron chi connectivity index (χ2n) is 6.76. The van der Waals surface area contributed by atoms with Gasteiger partial charge in [-0.3, -0.25) is 19.2 Å². The molecule has 0 spiro atoms. The molecule has 0 saturated carbocycles. The zero-order valence-electron chi connectivity index (χ0n) is 15.4. The van der Waals surface area contributed by atoms with Crippen LogP contribution in [0.4, 0.5) is 0 Å². The van der Waals surface area contributed by atoms with Crippen LogP contribution in [0, 0.1) is 6.92 Å². The quantitative estimate of drug-likeness (QED) is 0.794. The molecule has 2 N–H and O–H groups in total. The molecule has 8 nitrogen and oxygen atoms in total. The summed E-state index contributed by atoms with van der Waals surface area (Å²) in [6.07, 6.45) is 3.70. The van der Waals surface area contributed by atoms with Crippen LogP contribution in [0.2, 0.25) is 0 Å². The summed E-state index contributed by atoms with van der Waals surface area (Å²) >= 11 is 0. The van der Waals surface area contributed by atoms with Gasteiger partial charge in [0.15, 0.2) is 0 Å². The predicted molar refractivity (Wildman–Crippen MR) is 97.6 cm³/mol. The first-order chi connectivity index (χ1) is 12.5. The highest BCUT2D eigenvalue weighted by Gasteiger charge is 2.16. The van der Waals surface area contributed by atoms with E-state index in [9.17, 15) is 9.59 Å². The minimum atomic E-state index is -0.266. The van der Waals surface area contributed by atoms with Crippen LogP contribution >= 0.6 is 0 Å². The van der Waals surface area contributed by atoms with E-state index >= 15 is 0 Å². The Morgan fingerprint density at radius 2 is 2.23 bits per heavy atom. The van der Waals surface area contributed by atoms with Crippen molar-refractivity contribution in [3.05, 3.63) is 45.4 Å². The molecule has 0 bridgehead atoms. The third kappa shape index (κ3) is 4.57. The number of nitrogens with one attached hydrogen (secondary N) is 2. The minimum Gasteiger partial charge on any atom is -0.350 e. The lowest BCUT2D eigenvalue weighted by atomic mass is 10.2. The van der Waals surface area contributed by atoms with Crippen LogP contribution in [0.15, 0.2) is 17.1 Å². The Hall–Kier alpha value is -2.48. The largest absolute Gasteiger partial charge is 0.350 e. The Balaban J connectivity index is 1.57. The maximum atomic E-state index is 12.1. The minimum absolute atomic E-state index is 0.0143. The van der Waals surface area contributed by atoms with Gasteiger partial charge in [-0.25, -0.2) is 4.98 Å². The molecular weight excluding hydrogens is 332 g/mol. The molecule has 8 heteroatoms. The molecule has 2 aromatic rings. The fourth-order valence-electron chi connectivity index (χ4n) is 3.24. The smallest absolute Gasteiger partial charge is 0.254 e. The van der Waals surface area contributed by atoms with Crippen LogP contribution in [0.3, 0.4) is 0 Å². The monoisotopic (exact) mass is 358 g/mol. The number of amides is 1. The van der Waals surface area contributed by atoms with Gasteiger partial charge < -0.3 is 10.3 Å². The molecule has 26 heavy (non-hydrogen) atoms. The summed E-state index contributed by atoms with van der Waals surface area (Å²) < 4.78 is 2.05. The van der Waals surface area contributed by atoms with Gasteiger partial charge in [0.1, 0.15) is 5.82 Å². The summed E-state index contributed by atoms with van der Waals surface area (Å²) in [7, 11) is 0. The fraction of sp³-hybridized carbons (Fsp3) is 0.556. The average molecular weight is 358 g/mol. The molecule has 1 aliphatic rings. The van der Waals surface area contributed by atoms with E-state index in [1.807, 2.05) is 4.68 Å². The summed E-state index contributed by atoms with van der Waals surface area (Å²) in [5, 5.41) is 7.45. The SMILES string of the molecule is CCCN1CCCn2nc(CNC(=O)Cc3cnc(C)[nH]c3=O)cc2C1. The molecular formula is C18H26N6O2. The second kappa shape index (κ2) is 8.27. The van der Waals surface area contributed by atoms with Crippen molar-refractivity contribution in [2.75, 3.05) is 13.1 Å². The number of hydrogen-bond donors (Lipinski definition) is 2. The Bertz CT molecular complexity index is 825. The van der Waals surface area contributed by atoms with Gasteiger partial charge in [0.25, 0.3) is 5.56 Å². The van der Waals surface area contributed by atoms with Crippen LogP contribution in [0.1, 0.15) is 42.5 Å². The molecule has 2 aromatic heterocycles. The zero-order valence-corrected chi connectivity index (χ0v) is 15.4. The third-order valence-electron chi connectivity index (χ3n) is 4.50. The number of H-pyrrole nitrogens is 1. The van der Waals surface area contributed by atoms with Crippen molar-refractivity contribution >= 4 is 5.91 Å². The molecule has 0 aromatic carbocycles. The van der Waals surface area contributed by atoms with Crippen molar-refractivity contribution in [3.8, 4) is 0 Å². The van der Waals surface area contributed by atoms with Crippen LogP contribution in [-0.4, -0.2) is 43.6 Å². The molecule has 0 radical (unpaired) electrons. The average Bonchev–Trinajstić information content (AvgIpc) is 2.88. The highest BCUT2D eigenvalue weighted by atomic mass is 16.2. The Kier molecular flexibility index (Phi) is 5.82. The number of rotatable bonds is 6. The van der Waals surface area contributed by atoms with Gasteiger partial charge in [-0.05, 0) is 32.4 Å². The summed E-state index contributed by atoms with van der Waals surface area (Å²) in [5.74, 6) is 0.327. The summed E-state index contributed by atoms with van der Waals surface area (Å²) in [4.78, 5) is 33.0. The zero-order chi connectivity index (χ0) is 18.5. The highest BCUT2D eigenvalue weighted by molar-refractivity contribution is 5.78. The van der Waals surface area contributed by atoms with Crippen molar-refractivity contribution in [2.45, 2.75) is 52.7 Å². The van der Waals surface area contributed by atoms with Crippen molar-refractivity contribution in [1.29, 1.82) is 0 Å². The number of aromatic amines is 1. The van der Waals surface area contributed by atoms with Gasteiger partial charge in [0.05, 0.1) is 24.4 Å². The van der Waals surface area contributed by atoms with E-state index in [4.69, 9.17) is 0 Å². The van der Waals surface area contributed by atoms with Crippen molar-refractivity contribution < 1.29 is 4.79 Å². The lowest BCUT2D eigenvalue weighted by Gasteiger charge is -2.17. The molecule has 0 saturated heterocycles. The fourth-order valence-corrected chi connectivity index (χ4v) is 3.24. The first-order valence-corrected chi connectivity index (χ1v) is 9.14. The topological polar surface area (TPSA) is 95.9 Å². The molecule has 1 amide bonds. The molecule has 0 fully saturated rings. The normalized spacial score (nSPS) is 14.7. The maximum Gasteiger partial charge on any atom is 0.254 e. The van der Waals surface area contributed by atoms with Crippen molar-refractivity contribution in [1.82, 2.24) is 30.0 Å². The van der Waals surface area contributed by atoms with Crippen LogP contribution in [0.5, 0.6) is 0 Å². The van der Waals surface area contributed by atoms with E-state index in [0.29, 0.717) is 17.9 Å². The molecule has 0 atom stereocenters. The van der Waals surface area contributed by atoms with Crippen LogP contribution < -0.4 is 10.9 Å². The number of nitrogens with zero attached hydrogens (tertiary/aromatic N) is 4. The number of hydrogen-bond acceptors (Lipinski definition) is 5. The maximum absolute atomic E-state index is 12.1. The molecule has 3 rings (SSSR count). The van der Waals surface area contributed by atoms with E-state index in [1.54, 1.807) is 6.92 Å². The third-order valence-corrected chi connectivity index (χ3v) is 4.50. The first-order valence-electron chi connectivity index (χ1n) is 9.14. The Morgan fingerprint density at radius 3 is 3.00 bits per heavy atom. The summed E-state index contributed by atoms with van der Waals surface area (Å²) in [5.41, 5.74) is 2.14. The van der Waals surface area contributed by atoms with Crippen LogP contribution in [-0.2, 0) is 30.8 Å². The van der Waals surface area contributed by atoms with Gasteiger partial charge in [-0.2, -0.15) is 5.10 Å². The number of carbonyl (C=O) groups is 1. The Morgan fingerprint density at radius 1 is 1.38 bits per heavy atom. The van der Waals surface area contributed by atoms with Gasteiger partial charge in [0.2, 0.25) is 5.91 Å². The van der Waals surface area contributed by atoms with Gasteiger partial charge in [0, 0.05) is 31.4 Å². The molecule has 140 valence electrons. The molecule has 3 heterocycles. The number of carbonyl (C=O) groups excluding carboxylic acids is 1. The van der Waals surface area contributed by atoms with E-state index in [2.05, 4.69) is 38.3 Å². The standard InChI is InChI=1S/C18H26N6O2/c1-3-5-23-6-4-7-24-16(12-23)9-15(22-24)11-20-17(25)8-14-10-19-13(2)21-18(14)26/h9-10H,3-8,11-12H2,1-2H3,(H,20,25)(H,19,21,26). The van der Waals surface area contributed by atoms with E-state index in [1.165, 1.54) is 11.9 Å². The van der Waals surface area contributed by atoms with E-state index < -0.39 is 0 Å². The number of aromatic nitrogens is 4. The van der Waals surface area contributed by atoms with E-state index in [-0.39, 0.29) is 17.9 Å². The first kappa shape index (κ1) is 18.3. The molecule has 1 aliphatic heterocycles. The Labute approximate surface area is 152 Å². The second-order valence-corrected chi connectivity index (χ2v) is 6.76. The predicted octanol–water partition coefficient (Wildman–Crippen LogP) is 0.749. The van der Waals surface area contributed by atoms with E-state index in [0.717, 1.165) is 44.7 Å². The molecule has 0 aliphatic carbocycles. The van der Waals surface area contributed by atoms with Gasteiger partial charge >= 0.3 is 0 Å². The number of fused-ring (bicyclic) bond motifs is 1. The van der Waals surface area contributed by atoms with Crippen molar-refractivity contribution in [2.24, 2.45) is 0 Å². The van der Waals surface area contributed by atoms with Gasteiger partial charge in [-0.15, -0.1) is 0 Å². The summed E-state index contributed by atoms with van der Waals surface area (Å²) in [6.45, 7) is 8.27. The lowest BCUT2D eigenvalue weighted by Crippen LogP contribution is -2.28.